The maximum atomic E-state index is 11.4. The first-order valence-corrected chi connectivity index (χ1v) is 26.7. The normalized spacial score (nSPS) is 23.9. The monoisotopic (exact) mass is 797 g/mol. The van der Waals surface area contributed by atoms with Crippen molar-refractivity contribution in [1.29, 1.82) is 0 Å². The SMILES string of the molecule is CC(C)=CCC/C(=C/CC/C(C)=C/C[C@@H]1CC[C@@H](O)[C@@]2(CC/C(C)=C/CO[Si](C)(C)C(C)(C)C)C[C@@]12C)CO[Si](c1ccccc1)(c1ccccc1)C(C)(C)C. The third-order valence-corrected chi connectivity index (χ3v) is 23.8. The summed E-state index contributed by atoms with van der Waals surface area (Å²) in [6.07, 6.45) is 20.2. The van der Waals surface area contributed by atoms with Gasteiger partial charge in [-0.05, 0) is 142 Å². The summed E-state index contributed by atoms with van der Waals surface area (Å²) in [5, 5.41) is 14.2. The Labute approximate surface area is 346 Å². The van der Waals surface area contributed by atoms with Gasteiger partial charge in [-0.2, -0.15) is 0 Å². The van der Waals surface area contributed by atoms with Crippen LogP contribution >= 0.6 is 0 Å². The molecule has 56 heavy (non-hydrogen) atoms. The van der Waals surface area contributed by atoms with Gasteiger partial charge in [0.05, 0.1) is 19.3 Å². The Kier molecular flexibility index (Phi) is 15.9. The van der Waals surface area contributed by atoms with E-state index in [0.717, 1.165) is 64.2 Å². The van der Waals surface area contributed by atoms with Gasteiger partial charge in [0.2, 0.25) is 0 Å². The first-order chi connectivity index (χ1) is 26.2. The lowest BCUT2D eigenvalue weighted by Gasteiger charge is -2.43. The highest BCUT2D eigenvalue weighted by Gasteiger charge is 2.71. The lowest BCUT2D eigenvalue weighted by molar-refractivity contribution is 0.00284. The number of hydrogen-bond donors (Lipinski definition) is 1. The number of benzene rings is 2. The van der Waals surface area contributed by atoms with Gasteiger partial charge in [0.25, 0.3) is 8.32 Å². The van der Waals surface area contributed by atoms with Crippen LogP contribution in [-0.4, -0.2) is 41.1 Å². The molecule has 0 spiro atoms. The van der Waals surface area contributed by atoms with Gasteiger partial charge >= 0.3 is 0 Å². The molecule has 310 valence electrons. The minimum Gasteiger partial charge on any atom is -0.413 e. The van der Waals surface area contributed by atoms with E-state index in [9.17, 15) is 5.11 Å². The largest absolute Gasteiger partial charge is 0.413 e. The van der Waals surface area contributed by atoms with Crippen LogP contribution in [0.4, 0.5) is 0 Å². The average Bonchev–Trinajstić information content (AvgIpc) is 3.77. The van der Waals surface area contributed by atoms with Gasteiger partial charge in [-0.1, -0.05) is 150 Å². The highest BCUT2D eigenvalue weighted by Crippen LogP contribution is 2.75. The van der Waals surface area contributed by atoms with E-state index in [1.165, 1.54) is 32.7 Å². The Morgan fingerprint density at radius 3 is 1.86 bits per heavy atom. The van der Waals surface area contributed by atoms with Crippen molar-refractivity contribution in [2.75, 3.05) is 13.2 Å². The van der Waals surface area contributed by atoms with E-state index < -0.39 is 16.6 Å². The van der Waals surface area contributed by atoms with Crippen LogP contribution in [-0.2, 0) is 8.85 Å². The van der Waals surface area contributed by atoms with Crippen LogP contribution in [0.1, 0.15) is 140 Å². The fourth-order valence-corrected chi connectivity index (χ4v) is 14.8. The highest BCUT2D eigenvalue weighted by molar-refractivity contribution is 6.99. The third-order valence-electron chi connectivity index (χ3n) is 14.3. The van der Waals surface area contributed by atoms with E-state index in [0.29, 0.717) is 19.1 Å². The van der Waals surface area contributed by atoms with E-state index in [4.69, 9.17) is 8.85 Å². The number of aliphatic hydroxyl groups is 1. The Bertz CT molecular complexity index is 1630. The number of aliphatic hydroxyl groups excluding tert-OH is 1. The maximum absolute atomic E-state index is 11.4. The summed E-state index contributed by atoms with van der Waals surface area (Å²) in [7, 11) is -4.36. The molecule has 0 amide bonds. The molecule has 0 radical (unpaired) electrons. The lowest BCUT2D eigenvalue weighted by Crippen LogP contribution is -2.66. The van der Waals surface area contributed by atoms with E-state index in [1.807, 2.05) is 0 Å². The summed E-state index contributed by atoms with van der Waals surface area (Å²) in [5.74, 6) is 0.641. The summed E-state index contributed by atoms with van der Waals surface area (Å²) in [6, 6.07) is 22.1. The fourth-order valence-electron chi connectivity index (χ4n) is 9.36. The molecular weight excluding hydrogens is 717 g/mol. The molecule has 4 atom stereocenters. The van der Waals surface area contributed by atoms with Crippen molar-refractivity contribution in [1.82, 2.24) is 0 Å². The highest BCUT2D eigenvalue weighted by atomic mass is 28.4. The minimum absolute atomic E-state index is 0.0416. The van der Waals surface area contributed by atoms with Crippen molar-refractivity contribution in [2.45, 2.75) is 170 Å². The minimum atomic E-state index is -2.61. The second-order valence-electron chi connectivity index (χ2n) is 20.6. The van der Waals surface area contributed by atoms with Crippen molar-refractivity contribution >= 4 is 27.0 Å². The molecule has 3 nitrogen and oxygen atoms in total. The summed E-state index contributed by atoms with van der Waals surface area (Å²) in [4.78, 5) is 0. The molecule has 2 aliphatic rings. The number of fused-ring (bicyclic) bond motifs is 1. The van der Waals surface area contributed by atoms with Crippen molar-refractivity contribution in [3.05, 3.63) is 107 Å². The van der Waals surface area contributed by atoms with Crippen LogP contribution < -0.4 is 10.4 Å². The molecule has 4 rings (SSSR count). The van der Waals surface area contributed by atoms with Crippen LogP contribution in [0, 0.1) is 16.7 Å². The van der Waals surface area contributed by atoms with E-state index in [-0.39, 0.29) is 27.0 Å². The molecule has 0 heterocycles. The lowest BCUT2D eigenvalue weighted by atomic mass is 9.68. The number of hydrogen-bond acceptors (Lipinski definition) is 3. The zero-order valence-electron chi connectivity index (χ0n) is 38.0. The van der Waals surface area contributed by atoms with Gasteiger partial charge in [0.1, 0.15) is 0 Å². The predicted octanol–water partition coefficient (Wildman–Crippen LogP) is 13.3. The van der Waals surface area contributed by atoms with Crippen molar-refractivity contribution in [3.63, 3.8) is 0 Å². The van der Waals surface area contributed by atoms with Crippen LogP contribution in [0.25, 0.3) is 0 Å². The van der Waals surface area contributed by atoms with E-state index in [1.54, 1.807) is 0 Å². The van der Waals surface area contributed by atoms with Gasteiger partial charge in [-0.3, -0.25) is 0 Å². The second kappa shape index (κ2) is 19.2. The standard InChI is InChI=1S/C51H80O3Si2/c1-40(2)22-20-24-43(38-54-56(49(8,9)10,45-26-16-14-17-27-45)46-28-18-15-19-29-46)25-21-23-41(3)30-31-44-32-33-47(52)51(39-50(44,51)11)36-34-42(4)35-37-53-55(12,13)48(5,6)7/h14-19,22,25-30,35,44,47,52H,20-21,23-24,31-34,36-39H2,1-13H3/b41-30+,42-35+,43-25-/t44-,47-,50+,51-/m1/s1. The van der Waals surface area contributed by atoms with Crippen molar-refractivity contribution in [3.8, 4) is 0 Å². The van der Waals surface area contributed by atoms with Gasteiger partial charge < -0.3 is 14.0 Å². The molecule has 2 aromatic rings. The van der Waals surface area contributed by atoms with Gasteiger partial charge in [0.15, 0.2) is 8.32 Å². The Morgan fingerprint density at radius 2 is 1.30 bits per heavy atom. The van der Waals surface area contributed by atoms with Gasteiger partial charge in [-0.25, -0.2) is 0 Å². The summed E-state index contributed by atoms with van der Waals surface area (Å²) < 4.78 is 13.8. The molecular formula is C51H80O3Si2. The van der Waals surface area contributed by atoms with Crippen molar-refractivity contribution in [2.24, 2.45) is 16.7 Å². The Hall–Kier alpha value is -2.29. The smallest absolute Gasteiger partial charge is 0.261 e. The molecule has 5 heteroatoms. The Balaban J connectivity index is 1.41. The first-order valence-electron chi connectivity index (χ1n) is 21.9. The number of rotatable bonds is 19. The van der Waals surface area contributed by atoms with E-state index >= 15 is 0 Å². The molecule has 0 unspecified atom stereocenters. The van der Waals surface area contributed by atoms with Crippen LogP contribution in [0.3, 0.4) is 0 Å². The predicted molar refractivity (Wildman–Crippen MR) is 248 cm³/mol. The topological polar surface area (TPSA) is 38.7 Å². The van der Waals surface area contributed by atoms with Crippen LogP contribution in [0.2, 0.25) is 23.2 Å². The third kappa shape index (κ3) is 11.0. The average molecular weight is 797 g/mol. The zero-order chi connectivity index (χ0) is 41.4. The summed E-state index contributed by atoms with van der Waals surface area (Å²) in [5.41, 5.74) is 5.98. The number of allylic oxidation sites excluding steroid dienone is 6. The van der Waals surface area contributed by atoms with Gasteiger partial charge in [0, 0.05) is 5.41 Å². The molecule has 2 fully saturated rings. The molecule has 2 saturated carbocycles. The molecule has 1 N–H and O–H groups in total. The fraction of sp³-hybridized carbons (Fsp3) is 0.608. The summed E-state index contributed by atoms with van der Waals surface area (Å²) >= 11 is 0. The van der Waals surface area contributed by atoms with Crippen molar-refractivity contribution < 1.29 is 14.0 Å². The quantitative estimate of drug-likeness (QED) is 0.114. The molecule has 0 bridgehead atoms. The molecule has 2 aromatic carbocycles. The van der Waals surface area contributed by atoms with Crippen LogP contribution in [0.5, 0.6) is 0 Å². The summed E-state index contributed by atoms with van der Waals surface area (Å²) in [6.45, 7) is 31.5. The van der Waals surface area contributed by atoms with E-state index in [2.05, 4.69) is 174 Å². The zero-order valence-corrected chi connectivity index (χ0v) is 40.0. The van der Waals surface area contributed by atoms with Crippen LogP contribution in [0.15, 0.2) is 107 Å². The Morgan fingerprint density at radius 1 is 0.732 bits per heavy atom. The first kappa shape index (κ1) is 46.4. The second-order valence-corrected chi connectivity index (χ2v) is 29.7. The van der Waals surface area contributed by atoms with Gasteiger partial charge in [-0.15, -0.1) is 0 Å². The molecule has 0 aromatic heterocycles. The molecule has 2 aliphatic carbocycles. The molecule has 0 saturated heterocycles. The molecule has 0 aliphatic heterocycles. The maximum Gasteiger partial charge on any atom is 0.261 e.